The van der Waals surface area contributed by atoms with Crippen molar-refractivity contribution in [1.82, 2.24) is 5.32 Å². The highest BCUT2D eigenvalue weighted by Gasteiger charge is 2.21. The highest BCUT2D eigenvalue weighted by molar-refractivity contribution is 7.90. The number of carbonyl (C=O) groups is 2. The Kier molecular flexibility index (Phi) is 5.84. The van der Waals surface area contributed by atoms with Crippen LogP contribution in [0.3, 0.4) is 0 Å². The summed E-state index contributed by atoms with van der Waals surface area (Å²) in [6.45, 7) is 2.60. The first-order chi connectivity index (χ1) is 13.2. The Morgan fingerprint density at radius 3 is 2.29 bits per heavy atom. The molecule has 3 rings (SSSR count). The molecule has 1 aliphatic rings. The van der Waals surface area contributed by atoms with Crippen LogP contribution in [0, 0.1) is 0 Å². The number of anilines is 1. The Morgan fingerprint density at radius 1 is 1.11 bits per heavy atom. The van der Waals surface area contributed by atoms with E-state index in [9.17, 15) is 18.0 Å². The molecule has 0 aliphatic carbocycles. The van der Waals surface area contributed by atoms with E-state index in [0.717, 1.165) is 36.0 Å². The van der Waals surface area contributed by atoms with Gasteiger partial charge in [0.1, 0.15) is 0 Å². The monoisotopic (exact) mass is 400 g/mol. The van der Waals surface area contributed by atoms with E-state index in [1.54, 1.807) is 29.2 Å². The van der Waals surface area contributed by atoms with Crippen LogP contribution in [0.15, 0.2) is 53.4 Å². The first kappa shape index (κ1) is 20.1. The molecule has 1 atom stereocenters. The molecule has 2 amide bonds. The van der Waals surface area contributed by atoms with Crippen molar-refractivity contribution in [2.45, 2.75) is 37.1 Å². The zero-order valence-electron chi connectivity index (χ0n) is 16.0. The summed E-state index contributed by atoms with van der Waals surface area (Å²) in [6, 6.07) is 13.8. The fraction of sp³-hybridized carbons (Fsp3) is 0.333. The van der Waals surface area contributed by atoms with Crippen LogP contribution in [-0.2, 0) is 25.8 Å². The summed E-state index contributed by atoms with van der Waals surface area (Å²) < 4.78 is 23.1. The quantitative estimate of drug-likeness (QED) is 0.808. The molecule has 148 valence electrons. The third-order valence-corrected chi connectivity index (χ3v) is 6.00. The van der Waals surface area contributed by atoms with E-state index in [1.165, 1.54) is 0 Å². The van der Waals surface area contributed by atoms with Gasteiger partial charge in [0.05, 0.1) is 17.4 Å². The van der Waals surface area contributed by atoms with Gasteiger partial charge in [-0.25, -0.2) is 8.42 Å². The van der Waals surface area contributed by atoms with E-state index in [1.807, 2.05) is 31.2 Å². The maximum Gasteiger partial charge on any atom is 0.227 e. The third kappa shape index (κ3) is 4.78. The van der Waals surface area contributed by atoms with Crippen molar-refractivity contribution in [3.05, 3.63) is 59.7 Å². The maximum absolute atomic E-state index is 12.3. The van der Waals surface area contributed by atoms with Gasteiger partial charge in [0.2, 0.25) is 11.8 Å². The van der Waals surface area contributed by atoms with Crippen molar-refractivity contribution in [1.29, 1.82) is 0 Å². The summed E-state index contributed by atoms with van der Waals surface area (Å²) in [5, 5.41) is 2.93. The van der Waals surface area contributed by atoms with Crippen LogP contribution in [0.1, 0.15) is 36.9 Å². The van der Waals surface area contributed by atoms with E-state index in [4.69, 9.17) is 0 Å². The number of rotatable bonds is 6. The minimum atomic E-state index is -3.23. The fourth-order valence-corrected chi connectivity index (χ4v) is 3.91. The van der Waals surface area contributed by atoms with E-state index in [2.05, 4.69) is 5.32 Å². The average Bonchev–Trinajstić information content (AvgIpc) is 3.07. The Morgan fingerprint density at radius 2 is 1.75 bits per heavy atom. The van der Waals surface area contributed by atoms with E-state index < -0.39 is 9.84 Å². The summed E-state index contributed by atoms with van der Waals surface area (Å²) in [5.41, 5.74) is 2.57. The molecule has 1 fully saturated rings. The summed E-state index contributed by atoms with van der Waals surface area (Å²) in [4.78, 5) is 26.2. The molecule has 7 heteroatoms. The normalized spacial score (nSPS) is 15.5. The molecule has 0 bridgehead atoms. The Labute approximate surface area is 165 Å². The first-order valence-corrected chi connectivity index (χ1v) is 11.1. The lowest BCUT2D eigenvalue weighted by Crippen LogP contribution is -2.28. The number of benzene rings is 2. The molecule has 0 spiro atoms. The lowest BCUT2D eigenvalue weighted by molar-refractivity contribution is -0.121. The summed E-state index contributed by atoms with van der Waals surface area (Å²) >= 11 is 0. The largest absolute Gasteiger partial charge is 0.349 e. The molecular formula is C21H24N2O4S. The van der Waals surface area contributed by atoms with E-state index in [0.29, 0.717) is 6.42 Å². The van der Waals surface area contributed by atoms with Gasteiger partial charge < -0.3 is 10.2 Å². The zero-order valence-corrected chi connectivity index (χ0v) is 16.8. The molecule has 0 saturated carbocycles. The molecule has 28 heavy (non-hydrogen) atoms. The van der Waals surface area contributed by atoms with Crippen LogP contribution in [0.4, 0.5) is 5.69 Å². The van der Waals surface area contributed by atoms with Gasteiger partial charge in [0.25, 0.3) is 0 Å². The number of hydrogen-bond donors (Lipinski definition) is 1. The van der Waals surface area contributed by atoms with Gasteiger partial charge in [-0.1, -0.05) is 24.3 Å². The summed E-state index contributed by atoms with van der Waals surface area (Å²) in [7, 11) is -3.23. The maximum atomic E-state index is 12.3. The van der Waals surface area contributed by atoms with Crippen LogP contribution in [0.25, 0.3) is 0 Å². The number of sulfone groups is 1. The van der Waals surface area contributed by atoms with Gasteiger partial charge in [-0.3, -0.25) is 9.59 Å². The van der Waals surface area contributed by atoms with Crippen LogP contribution in [0.5, 0.6) is 0 Å². The van der Waals surface area contributed by atoms with Gasteiger partial charge in [0, 0.05) is 24.9 Å². The SMILES string of the molecule is C[C@@H](NC(=O)Cc1ccc(N2CCCC2=O)cc1)c1ccc(S(C)(=O)=O)cc1. The molecule has 2 aromatic carbocycles. The average molecular weight is 401 g/mol. The molecule has 0 radical (unpaired) electrons. The van der Waals surface area contributed by atoms with Gasteiger partial charge in [-0.15, -0.1) is 0 Å². The molecule has 1 heterocycles. The Hall–Kier alpha value is -2.67. The van der Waals surface area contributed by atoms with E-state index >= 15 is 0 Å². The highest BCUT2D eigenvalue weighted by atomic mass is 32.2. The predicted octanol–water partition coefficient (Wildman–Crippen LogP) is 2.64. The van der Waals surface area contributed by atoms with Crippen LogP contribution in [0.2, 0.25) is 0 Å². The topological polar surface area (TPSA) is 83.6 Å². The lowest BCUT2D eigenvalue weighted by atomic mass is 10.1. The number of nitrogens with zero attached hydrogens (tertiary/aromatic N) is 1. The van der Waals surface area contributed by atoms with Crippen LogP contribution >= 0.6 is 0 Å². The Balaban J connectivity index is 1.58. The first-order valence-electron chi connectivity index (χ1n) is 9.23. The molecular weight excluding hydrogens is 376 g/mol. The second-order valence-electron chi connectivity index (χ2n) is 7.12. The van der Waals surface area contributed by atoms with Gasteiger partial charge in [-0.05, 0) is 48.7 Å². The van der Waals surface area contributed by atoms with E-state index in [-0.39, 0.29) is 29.2 Å². The smallest absolute Gasteiger partial charge is 0.227 e. The van der Waals surface area contributed by atoms with Gasteiger partial charge in [0.15, 0.2) is 9.84 Å². The molecule has 0 unspecified atom stereocenters. The van der Waals surface area contributed by atoms with Crippen LogP contribution in [-0.4, -0.2) is 33.0 Å². The summed E-state index contributed by atoms with van der Waals surface area (Å²) in [6.07, 6.45) is 2.87. The Bertz CT molecular complexity index is 966. The molecule has 1 saturated heterocycles. The predicted molar refractivity (Wildman–Crippen MR) is 108 cm³/mol. The second kappa shape index (κ2) is 8.14. The molecule has 6 nitrogen and oxygen atoms in total. The van der Waals surface area contributed by atoms with Crippen molar-refractivity contribution < 1.29 is 18.0 Å². The highest BCUT2D eigenvalue weighted by Crippen LogP contribution is 2.22. The molecule has 1 aliphatic heterocycles. The lowest BCUT2D eigenvalue weighted by Gasteiger charge is -2.17. The minimum Gasteiger partial charge on any atom is -0.349 e. The second-order valence-corrected chi connectivity index (χ2v) is 9.14. The molecule has 2 aromatic rings. The van der Waals surface area contributed by atoms with Gasteiger partial charge >= 0.3 is 0 Å². The minimum absolute atomic E-state index is 0.121. The standard InChI is InChI=1S/C21H24N2O4S/c1-15(17-7-11-19(12-8-17)28(2,26)27)22-20(24)14-16-5-9-18(10-6-16)23-13-3-4-21(23)25/h5-12,15H,3-4,13-14H2,1-2H3,(H,22,24)/t15-/m1/s1. The molecule has 1 N–H and O–H groups in total. The van der Waals surface area contributed by atoms with Crippen molar-refractivity contribution in [2.24, 2.45) is 0 Å². The number of nitrogens with one attached hydrogen (secondary N) is 1. The number of amides is 2. The number of carbonyl (C=O) groups excluding carboxylic acids is 2. The third-order valence-electron chi connectivity index (χ3n) is 4.87. The van der Waals surface area contributed by atoms with Crippen molar-refractivity contribution in [2.75, 3.05) is 17.7 Å². The zero-order chi connectivity index (χ0) is 20.3. The fourth-order valence-electron chi connectivity index (χ4n) is 3.28. The van der Waals surface area contributed by atoms with Crippen molar-refractivity contribution in [3.8, 4) is 0 Å². The molecule has 0 aromatic heterocycles. The van der Waals surface area contributed by atoms with Crippen molar-refractivity contribution in [3.63, 3.8) is 0 Å². The van der Waals surface area contributed by atoms with Gasteiger partial charge in [-0.2, -0.15) is 0 Å². The van der Waals surface area contributed by atoms with Crippen LogP contribution < -0.4 is 10.2 Å². The van der Waals surface area contributed by atoms with Crippen molar-refractivity contribution >= 4 is 27.3 Å². The summed E-state index contributed by atoms with van der Waals surface area (Å²) in [5.74, 6) is 0.0193. The number of hydrogen-bond acceptors (Lipinski definition) is 4.